The number of carbonyl (C=O) groups is 2. The molecule has 0 aliphatic rings. The molecule has 6 nitrogen and oxygen atoms in total. The van der Waals surface area contributed by atoms with Crippen molar-refractivity contribution in [1.29, 1.82) is 0 Å². The van der Waals surface area contributed by atoms with Crippen LogP contribution in [0, 0.1) is 0 Å². The number of rotatable bonds is 9. The summed E-state index contributed by atoms with van der Waals surface area (Å²) in [7, 11) is 0. The third-order valence-electron chi connectivity index (χ3n) is 2.17. The molecule has 0 heterocycles. The van der Waals surface area contributed by atoms with Crippen LogP contribution in [0.1, 0.15) is 32.1 Å². The molecule has 0 bridgehead atoms. The second kappa shape index (κ2) is 8.43. The van der Waals surface area contributed by atoms with Crippen LogP contribution in [0.4, 0.5) is 0 Å². The Bertz CT molecular complexity index is 329. The Labute approximate surface area is 105 Å². The molecule has 0 fully saturated rings. The molecule has 0 unspecified atom stereocenters. The van der Waals surface area contributed by atoms with E-state index in [9.17, 15) is 19.8 Å². The van der Waals surface area contributed by atoms with E-state index in [2.05, 4.69) is 0 Å². The average Bonchev–Trinajstić information content (AvgIpc) is 2.25. The summed E-state index contributed by atoms with van der Waals surface area (Å²) in [6.45, 7) is 0. The van der Waals surface area contributed by atoms with Crippen molar-refractivity contribution in [3.05, 3.63) is 24.3 Å². The van der Waals surface area contributed by atoms with Crippen LogP contribution in [0.15, 0.2) is 24.3 Å². The first-order valence-electron chi connectivity index (χ1n) is 5.60. The van der Waals surface area contributed by atoms with Crippen molar-refractivity contribution in [2.45, 2.75) is 37.9 Å². The minimum atomic E-state index is -2.10. The van der Waals surface area contributed by atoms with E-state index in [1.165, 1.54) is 6.08 Å². The molecule has 0 aliphatic heterocycles. The molecular formula is C12H18O6. The Morgan fingerprint density at radius 1 is 0.944 bits per heavy atom. The molecule has 0 aliphatic carbocycles. The number of hydrogen-bond acceptors (Lipinski definition) is 4. The molecule has 0 rings (SSSR count). The standard InChI is InChI=1S/C12H18O6/c13-10(14)6-4-2-1-3-5-8-12(17,18)9-7-11(15)16/h4,6-7,9,17-18H,1-3,5,8H2,(H,13,14)(H,15,16). The van der Waals surface area contributed by atoms with Crippen LogP contribution in [-0.2, 0) is 9.59 Å². The maximum Gasteiger partial charge on any atom is 0.328 e. The molecule has 0 saturated carbocycles. The third-order valence-corrected chi connectivity index (χ3v) is 2.17. The molecule has 6 heteroatoms. The van der Waals surface area contributed by atoms with Crippen LogP contribution in [0.25, 0.3) is 0 Å². The summed E-state index contributed by atoms with van der Waals surface area (Å²) in [5.74, 6) is -4.32. The van der Waals surface area contributed by atoms with E-state index in [-0.39, 0.29) is 6.42 Å². The topological polar surface area (TPSA) is 115 Å². The minimum absolute atomic E-state index is 0.0411. The lowest BCUT2D eigenvalue weighted by molar-refractivity contribution is -0.134. The maximum absolute atomic E-state index is 10.2. The molecular weight excluding hydrogens is 240 g/mol. The minimum Gasteiger partial charge on any atom is -0.478 e. The number of carboxylic acid groups (broad SMARTS) is 2. The van der Waals surface area contributed by atoms with E-state index < -0.39 is 17.7 Å². The van der Waals surface area contributed by atoms with Crippen LogP contribution < -0.4 is 0 Å². The van der Waals surface area contributed by atoms with Crippen molar-refractivity contribution in [3.8, 4) is 0 Å². The molecule has 18 heavy (non-hydrogen) atoms. The molecule has 0 atom stereocenters. The fourth-order valence-electron chi connectivity index (χ4n) is 1.30. The highest BCUT2D eigenvalue weighted by Crippen LogP contribution is 2.14. The van der Waals surface area contributed by atoms with Crippen molar-refractivity contribution < 1.29 is 30.0 Å². The molecule has 0 aromatic rings. The van der Waals surface area contributed by atoms with Crippen molar-refractivity contribution in [1.82, 2.24) is 0 Å². The number of aliphatic hydroxyl groups is 2. The van der Waals surface area contributed by atoms with E-state index in [1.54, 1.807) is 0 Å². The number of aliphatic carboxylic acids is 2. The lowest BCUT2D eigenvalue weighted by atomic mass is 10.1. The van der Waals surface area contributed by atoms with E-state index >= 15 is 0 Å². The maximum atomic E-state index is 10.2. The second-order valence-corrected chi connectivity index (χ2v) is 3.89. The van der Waals surface area contributed by atoms with Gasteiger partial charge in [0.05, 0.1) is 0 Å². The Balaban J connectivity index is 3.71. The van der Waals surface area contributed by atoms with E-state index in [0.717, 1.165) is 18.6 Å². The van der Waals surface area contributed by atoms with Gasteiger partial charge in [-0.2, -0.15) is 0 Å². The number of hydrogen-bond donors (Lipinski definition) is 4. The van der Waals surface area contributed by atoms with Gasteiger partial charge < -0.3 is 20.4 Å². The summed E-state index contributed by atoms with van der Waals surface area (Å²) in [6.07, 6.45) is 6.74. The summed E-state index contributed by atoms with van der Waals surface area (Å²) in [5.41, 5.74) is 0. The highest BCUT2D eigenvalue weighted by Gasteiger charge is 2.18. The quantitative estimate of drug-likeness (QED) is 0.277. The van der Waals surface area contributed by atoms with Crippen LogP contribution >= 0.6 is 0 Å². The lowest BCUT2D eigenvalue weighted by Gasteiger charge is -2.16. The second-order valence-electron chi connectivity index (χ2n) is 3.89. The summed E-state index contributed by atoms with van der Waals surface area (Å²) < 4.78 is 0. The molecule has 0 spiro atoms. The van der Waals surface area contributed by atoms with Crippen molar-refractivity contribution in [2.75, 3.05) is 0 Å². The van der Waals surface area contributed by atoms with Gasteiger partial charge in [0.25, 0.3) is 0 Å². The van der Waals surface area contributed by atoms with Crippen molar-refractivity contribution >= 4 is 11.9 Å². The zero-order valence-electron chi connectivity index (χ0n) is 9.95. The lowest BCUT2D eigenvalue weighted by Crippen LogP contribution is -2.25. The predicted molar refractivity (Wildman–Crippen MR) is 63.8 cm³/mol. The van der Waals surface area contributed by atoms with Gasteiger partial charge in [-0.15, -0.1) is 0 Å². The number of carboxylic acids is 2. The smallest absolute Gasteiger partial charge is 0.328 e. The highest BCUT2D eigenvalue weighted by atomic mass is 16.5. The van der Waals surface area contributed by atoms with Gasteiger partial charge >= 0.3 is 11.9 Å². The summed E-state index contributed by atoms with van der Waals surface area (Å²) in [4.78, 5) is 20.3. The first-order valence-corrected chi connectivity index (χ1v) is 5.60. The molecule has 102 valence electrons. The van der Waals surface area contributed by atoms with E-state index in [0.29, 0.717) is 25.3 Å². The van der Waals surface area contributed by atoms with Gasteiger partial charge in [-0.3, -0.25) is 0 Å². The van der Waals surface area contributed by atoms with Crippen molar-refractivity contribution in [2.24, 2.45) is 0 Å². The number of allylic oxidation sites excluding steroid dienone is 1. The SMILES string of the molecule is O=C(O)C=CCCCCCC(O)(O)C=CC(=O)O. The highest BCUT2D eigenvalue weighted by molar-refractivity contribution is 5.80. The summed E-state index contributed by atoms with van der Waals surface area (Å²) >= 11 is 0. The third kappa shape index (κ3) is 10.8. The molecule has 4 N–H and O–H groups in total. The Hall–Kier alpha value is -1.66. The predicted octanol–water partition coefficient (Wildman–Crippen LogP) is 0.899. The molecule has 0 amide bonds. The van der Waals surface area contributed by atoms with Gasteiger partial charge in [-0.25, -0.2) is 9.59 Å². The molecule has 0 saturated heterocycles. The molecule has 0 radical (unpaired) electrons. The molecule has 0 aromatic heterocycles. The van der Waals surface area contributed by atoms with Gasteiger partial charge in [-0.05, 0) is 25.3 Å². The number of unbranched alkanes of at least 4 members (excludes halogenated alkanes) is 3. The Morgan fingerprint density at radius 3 is 2.11 bits per heavy atom. The van der Waals surface area contributed by atoms with Gasteiger partial charge in [-0.1, -0.05) is 12.5 Å². The van der Waals surface area contributed by atoms with Gasteiger partial charge in [0, 0.05) is 18.6 Å². The zero-order valence-corrected chi connectivity index (χ0v) is 9.95. The van der Waals surface area contributed by atoms with Gasteiger partial charge in [0.15, 0.2) is 5.79 Å². The fraction of sp³-hybridized carbons (Fsp3) is 0.500. The Kier molecular flexibility index (Phi) is 7.66. The van der Waals surface area contributed by atoms with Crippen LogP contribution in [0.5, 0.6) is 0 Å². The Morgan fingerprint density at radius 2 is 1.56 bits per heavy atom. The normalized spacial score (nSPS) is 12.3. The van der Waals surface area contributed by atoms with E-state index in [4.69, 9.17) is 10.2 Å². The zero-order chi connectivity index (χ0) is 14.0. The first kappa shape index (κ1) is 16.3. The average molecular weight is 258 g/mol. The summed E-state index contributed by atoms with van der Waals surface area (Å²) in [5, 5.41) is 35.3. The van der Waals surface area contributed by atoms with Crippen LogP contribution in [0.3, 0.4) is 0 Å². The van der Waals surface area contributed by atoms with Crippen LogP contribution in [-0.4, -0.2) is 38.2 Å². The van der Waals surface area contributed by atoms with Gasteiger partial charge in [0.1, 0.15) is 0 Å². The largest absolute Gasteiger partial charge is 0.478 e. The van der Waals surface area contributed by atoms with Crippen LogP contribution in [0.2, 0.25) is 0 Å². The fourth-order valence-corrected chi connectivity index (χ4v) is 1.30. The summed E-state index contributed by atoms with van der Waals surface area (Å²) in [6, 6.07) is 0. The van der Waals surface area contributed by atoms with Gasteiger partial charge in [0.2, 0.25) is 0 Å². The van der Waals surface area contributed by atoms with E-state index in [1.807, 2.05) is 0 Å². The first-order chi connectivity index (χ1) is 8.33. The molecule has 0 aromatic carbocycles. The monoisotopic (exact) mass is 258 g/mol. The van der Waals surface area contributed by atoms with Crippen molar-refractivity contribution in [3.63, 3.8) is 0 Å².